The summed E-state index contributed by atoms with van der Waals surface area (Å²) >= 11 is 2.72. The Morgan fingerprint density at radius 2 is 1.88 bits per heavy atom. The Balaban J connectivity index is 2.80. The van der Waals surface area contributed by atoms with Crippen molar-refractivity contribution in [3.8, 4) is 0 Å². The topological polar surface area (TPSA) is 59.9 Å². The van der Waals surface area contributed by atoms with Crippen LogP contribution in [-0.2, 0) is 9.84 Å². The monoisotopic (exact) mass is 280 g/mol. The molecule has 0 aliphatic heterocycles. The largest absolute Gasteiger partial charge is 0.233 e. The SMILES string of the molecule is CC(C)CSc1nnc(S(=O)(=O)C(C)C)s1. The van der Waals surface area contributed by atoms with E-state index in [0.717, 1.165) is 21.4 Å². The molecular formula is C9H16N2O2S3. The van der Waals surface area contributed by atoms with Crippen LogP contribution in [0.15, 0.2) is 8.68 Å². The van der Waals surface area contributed by atoms with Gasteiger partial charge in [-0.25, -0.2) is 8.42 Å². The second-order valence-corrected chi connectivity index (χ2v) is 9.06. The van der Waals surface area contributed by atoms with E-state index in [0.29, 0.717) is 5.92 Å². The Morgan fingerprint density at radius 1 is 1.25 bits per heavy atom. The molecule has 1 aromatic rings. The third kappa shape index (κ3) is 3.43. The van der Waals surface area contributed by atoms with Crippen molar-refractivity contribution in [2.24, 2.45) is 5.92 Å². The summed E-state index contributed by atoms with van der Waals surface area (Å²) < 4.78 is 24.4. The third-order valence-electron chi connectivity index (χ3n) is 1.79. The molecule has 0 unspecified atom stereocenters. The second-order valence-electron chi connectivity index (χ2n) is 4.13. The Hall–Kier alpha value is -0.140. The number of aromatic nitrogens is 2. The van der Waals surface area contributed by atoms with Crippen molar-refractivity contribution in [3.05, 3.63) is 0 Å². The number of hydrogen-bond donors (Lipinski definition) is 0. The Labute approximate surface area is 105 Å². The Kier molecular flexibility index (Phi) is 4.75. The number of hydrogen-bond acceptors (Lipinski definition) is 6. The molecule has 0 radical (unpaired) electrons. The molecule has 0 aliphatic rings. The summed E-state index contributed by atoms with van der Waals surface area (Å²) in [4.78, 5) is 0. The van der Waals surface area contributed by atoms with Gasteiger partial charge in [0.15, 0.2) is 4.34 Å². The molecule has 0 saturated heterocycles. The summed E-state index contributed by atoms with van der Waals surface area (Å²) in [6.45, 7) is 7.52. The fraction of sp³-hybridized carbons (Fsp3) is 0.778. The molecule has 0 saturated carbocycles. The fourth-order valence-corrected chi connectivity index (χ4v) is 4.37. The lowest BCUT2D eigenvalue weighted by molar-refractivity contribution is 0.585. The quantitative estimate of drug-likeness (QED) is 0.775. The lowest BCUT2D eigenvalue weighted by Gasteiger charge is -2.01. The number of rotatable bonds is 5. The van der Waals surface area contributed by atoms with Gasteiger partial charge in [0, 0.05) is 5.75 Å². The van der Waals surface area contributed by atoms with Crippen molar-refractivity contribution in [2.75, 3.05) is 5.75 Å². The highest BCUT2D eigenvalue weighted by Gasteiger charge is 2.24. The minimum Gasteiger partial charge on any atom is -0.221 e. The molecule has 0 N–H and O–H groups in total. The van der Waals surface area contributed by atoms with Crippen LogP contribution in [-0.4, -0.2) is 29.6 Å². The van der Waals surface area contributed by atoms with Gasteiger partial charge in [0.25, 0.3) is 0 Å². The van der Waals surface area contributed by atoms with Crippen LogP contribution in [0.2, 0.25) is 0 Å². The van der Waals surface area contributed by atoms with Gasteiger partial charge in [0.1, 0.15) is 0 Å². The highest BCUT2D eigenvalue weighted by atomic mass is 32.2. The maximum absolute atomic E-state index is 11.8. The van der Waals surface area contributed by atoms with Crippen molar-refractivity contribution in [1.29, 1.82) is 0 Å². The molecule has 7 heteroatoms. The molecule has 92 valence electrons. The molecule has 16 heavy (non-hydrogen) atoms. The van der Waals surface area contributed by atoms with Crippen LogP contribution in [0.3, 0.4) is 0 Å². The maximum Gasteiger partial charge on any atom is 0.233 e. The zero-order chi connectivity index (χ0) is 12.3. The molecule has 1 rings (SSSR count). The van der Waals surface area contributed by atoms with Crippen LogP contribution < -0.4 is 0 Å². The molecule has 1 heterocycles. The van der Waals surface area contributed by atoms with Crippen LogP contribution in [0, 0.1) is 5.92 Å². The van der Waals surface area contributed by atoms with Gasteiger partial charge in [-0.15, -0.1) is 10.2 Å². The molecule has 0 spiro atoms. The molecule has 0 atom stereocenters. The zero-order valence-corrected chi connectivity index (χ0v) is 12.2. The van der Waals surface area contributed by atoms with Crippen LogP contribution in [0.5, 0.6) is 0 Å². The van der Waals surface area contributed by atoms with Gasteiger partial charge in [-0.2, -0.15) is 0 Å². The highest BCUT2D eigenvalue weighted by Crippen LogP contribution is 2.28. The van der Waals surface area contributed by atoms with E-state index in [-0.39, 0.29) is 4.34 Å². The van der Waals surface area contributed by atoms with E-state index >= 15 is 0 Å². The van der Waals surface area contributed by atoms with Crippen molar-refractivity contribution in [1.82, 2.24) is 10.2 Å². The molecule has 0 aromatic carbocycles. The Bertz CT molecular complexity index is 437. The van der Waals surface area contributed by atoms with E-state index in [2.05, 4.69) is 24.0 Å². The first-order valence-corrected chi connectivity index (χ1v) is 8.39. The van der Waals surface area contributed by atoms with Crippen LogP contribution in [0.1, 0.15) is 27.7 Å². The van der Waals surface area contributed by atoms with Gasteiger partial charge in [0.2, 0.25) is 14.2 Å². The van der Waals surface area contributed by atoms with Gasteiger partial charge in [-0.3, -0.25) is 0 Å². The molecule has 0 aliphatic carbocycles. The van der Waals surface area contributed by atoms with E-state index < -0.39 is 15.1 Å². The minimum absolute atomic E-state index is 0.133. The molecule has 0 fully saturated rings. The van der Waals surface area contributed by atoms with E-state index in [1.807, 2.05) is 0 Å². The molecule has 0 bridgehead atoms. The van der Waals surface area contributed by atoms with Gasteiger partial charge in [0.05, 0.1) is 5.25 Å². The standard InChI is InChI=1S/C9H16N2O2S3/c1-6(2)5-14-8-10-11-9(15-8)16(12,13)7(3)4/h6-7H,5H2,1-4H3. The number of nitrogens with zero attached hydrogens (tertiary/aromatic N) is 2. The smallest absolute Gasteiger partial charge is 0.221 e. The first-order valence-electron chi connectivity index (χ1n) is 5.04. The van der Waals surface area contributed by atoms with Gasteiger partial charge in [-0.1, -0.05) is 36.9 Å². The van der Waals surface area contributed by atoms with E-state index in [1.54, 1.807) is 25.6 Å². The van der Waals surface area contributed by atoms with Gasteiger partial charge < -0.3 is 0 Å². The number of sulfone groups is 1. The maximum atomic E-state index is 11.8. The average Bonchev–Trinajstić information content (AvgIpc) is 2.63. The third-order valence-corrected chi connectivity index (χ3v) is 6.83. The van der Waals surface area contributed by atoms with Crippen molar-refractivity contribution < 1.29 is 8.42 Å². The van der Waals surface area contributed by atoms with Crippen LogP contribution in [0.25, 0.3) is 0 Å². The lowest BCUT2D eigenvalue weighted by atomic mass is 10.3. The van der Waals surface area contributed by atoms with E-state index in [9.17, 15) is 8.42 Å². The van der Waals surface area contributed by atoms with Crippen molar-refractivity contribution >= 4 is 32.9 Å². The summed E-state index contributed by atoms with van der Waals surface area (Å²) in [5.41, 5.74) is 0. The summed E-state index contributed by atoms with van der Waals surface area (Å²) in [5, 5.41) is 7.19. The second kappa shape index (κ2) is 5.46. The molecule has 1 aromatic heterocycles. The van der Waals surface area contributed by atoms with Crippen molar-refractivity contribution in [3.63, 3.8) is 0 Å². The Morgan fingerprint density at radius 3 is 2.38 bits per heavy atom. The first kappa shape index (κ1) is 13.9. The van der Waals surface area contributed by atoms with Gasteiger partial charge in [-0.05, 0) is 19.8 Å². The molecule has 4 nitrogen and oxygen atoms in total. The van der Waals surface area contributed by atoms with Crippen molar-refractivity contribution in [2.45, 2.75) is 41.6 Å². The predicted molar refractivity (Wildman–Crippen MR) is 67.8 cm³/mol. The van der Waals surface area contributed by atoms with E-state index in [4.69, 9.17) is 0 Å². The molecular weight excluding hydrogens is 264 g/mol. The summed E-state index contributed by atoms with van der Waals surface area (Å²) in [6.07, 6.45) is 0. The molecule has 0 amide bonds. The highest BCUT2D eigenvalue weighted by molar-refractivity contribution is 8.01. The van der Waals surface area contributed by atoms with Crippen LogP contribution >= 0.6 is 23.1 Å². The fourth-order valence-electron chi connectivity index (χ4n) is 0.810. The zero-order valence-electron chi connectivity index (χ0n) is 9.80. The van der Waals surface area contributed by atoms with Crippen LogP contribution in [0.4, 0.5) is 0 Å². The summed E-state index contributed by atoms with van der Waals surface area (Å²) in [7, 11) is -3.26. The predicted octanol–water partition coefficient (Wildman–Crippen LogP) is 2.47. The van der Waals surface area contributed by atoms with Gasteiger partial charge >= 0.3 is 0 Å². The summed E-state index contributed by atoms with van der Waals surface area (Å²) in [5.74, 6) is 1.48. The average molecular weight is 280 g/mol. The first-order chi connectivity index (χ1) is 7.34. The normalized spacial score (nSPS) is 12.6. The summed E-state index contributed by atoms with van der Waals surface area (Å²) in [6, 6.07) is 0. The number of thioether (sulfide) groups is 1. The lowest BCUT2D eigenvalue weighted by Crippen LogP contribution is -2.13. The van der Waals surface area contributed by atoms with E-state index in [1.165, 1.54) is 0 Å². The minimum atomic E-state index is -3.26.